The molecule has 106 valence electrons. The number of hydrogen-bond donors (Lipinski definition) is 0. The van der Waals surface area contributed by atoms with Crippen LogP contribution in [0.1, 0.15) is 22.1 Å². The lowest BCUT2D eigenvalue weighted by Crippen LogP contribution is -1.94. The van der Waals surface area contributed by atoms with Crippen LogP contribution in [-0.2, 0) is 0 Å². The summed E-state index contributed by atoms with van der Waals surface area (Å²) in [6.45, 7) is 1.98. The first kappa shape index (κ1) is 14.2. The smallest absolute Gasteiger partial charge is 0.0866 e. The van der Waals surface area contributed by atoms with Gasteiger partial charge >= 0.3 is 0 Å². The van der Waals surface area contributed by atoms with E-state index in [-0.39, 0.29) is 5.38 Å². The molecule has 1 atom stereocenters. The zero-order valence-electron chi connectivity index (χ0n) is 11.5. The summed E-state index contributed by atoms with van der Waals surface area (Å²) in [5.41, 5.74) is 4.02. The highest BCUT2D eigenvalue weighted by Crippen LogP contribution is 2.31. The summed E-state index contributed by atoms with van der Waals surface area (Å²) in [6.07, 6.45) is 3.76. The minimum absolute atomic E-state index is 0.238. The molecule has 1 unspecified atom stereocenters. The third kappa shape index (κ3) is 2.97. The molecule has 21 heavy (non-hydrogen) atoms. The zero-order chi connectivity index (χ0) is 14.8. The molecule has 2 nitrogen and oxygen atoms in total. The van der Waals surface area contributed by atoms with Crippen LogP contribution in [0.3, 0.4) is 0 Å². The van der Waals surface area contributed by atoms with Crippen LogP contribution in [0, 0.1) is 6.92 Å². The van der Waals surface area contributed by atoms with E-state index in [0.717, 1.165) is 27.4 Å². The number of para-hydroxylation sites is 1. The van der Waals surface area contributed by atoms with Crippen molar-refractivity contribution in [1.82, 2.24) is 9.78 Å². The molecule has 2 aromatic carbocycles. The van der Waals surface area contributed by atoms with Crippen molar-refractivity contribution in [1.29, 1.82) is 0 Å². The van der Waals surface area contributed by atoms with Crippen LogP contribution < -0.4 is 0 Å². The SMILES string of the molecule is Cc1cc(C(Cl)c2cnn(-c3ccccc3)c2)ccc1Cl. The summed E-state index contributed by atoms with van der Waals surface area (Å²) in [6, 6.07) is 15.8. The lowest BCUT2D eigenvalue weighted by atomic mass is 10.1. The molecular weight excluding hydrogens is 303 g/mol. The lowest BCUT2D eigenvalue weighted by molar-refractivity contribution is 0.880. The lowest BCUT2D eigenvalue weighted by Gasteiger charge is -2.09. The van der Waals surface area contributed by atoms with Gasteiger partial charge in [-0.1, -0.05) is 41.9 Å². The Labute approximate surface area is 133 Å². The maximum Gasteiger partial charge on any atom is 0.0866 e. The van der Waals surface area contributed by atoms with Crippen LogP contribution in [-0.4, -0.2) is 9.78 Å². The molecule has 0 radical (unpaired) electrons. The monoisotopic (exact) mass is 316 g/mol. The minimum atomic E-state index is -0.238. The molecule has 0 spiro atoms. The second-order valence-corrected chi connectivity index (χ2v) is 5.77. The normalized spacial score (nSPS) is 12.3. The number of benzene rings is 2. The molecule has 3 aromatic rings. The Bertz CT molecular complexity index is 750. The predicted molar refractivity (Wildman–Crippen MR) is 87.4 cm³/mol. The first-order valence-corrected chi connectivity index (χ1v) is 7.47. The number of rotatable bonds is 3. The van der Waals surface area contributed by atoms with Gasteiger partial charge in [0.1, 0.15) is 0 Å². The third-order valence-corrected chi connectivity index (χ3v) is 4.32. The summed E-state index contributed by atoms with van der Waals surface area (Å²) in [7, 11) is 0. The molecule has 0 bridgehead atoms. The van der Waals surface area contributed by atoms with Crippen LogP contribution in [0.15, 0.2) is 60.9 Å². The molecule has 0 amide bonds. The summed E-state index contributed by atoms with van der Waals surface area (Å²) >= 11 is 12.6. The van der Waals surface area contributed by atoms with Crippen molar-refractivity contribution >= 4 is 23.2 Å². The molecule has 3 rings (SSSR count). The van der Waals surface area contributed by atoms with Crippen LogP contribution in [0.4, 0.5) is 0 Å². The number of aromatic nitrogens is 2. The van der Waals surface area contributed by atoms with E-state index in [1.807, 2.05) is 66.3 Å². The molecule has 1 aromatic heterocycles. The van der Waals surface area contributed by atoms with Crippen molar-refractivity contribution in [3.05, 3.63) is 82.6 Å². The van der Waals surface area contributed by atoms with Gasteiger partial charge in [-0.25, -0.2) is 4.68 Å². The Balaban J connectivity index is 1.90. The van der Waals surface area contributed by atoms with E-state index >= 15 is 0 Å². The predicted octanol–water partition coefficient (Wildman–Crippen LogP) is 5.16. The van der Waals surface area contributed by atoms with Gasteiger partial charge in [0.05, 0.1) is 17.3 Å². The van der Waals surface area contributed by atoms with Crippen molar-refractivity contribution in [2.45, 2.75) is 12.3 Å². The zero-order valence-corrected chi connectivity index (χ0v) is 13.0. The molecule has 0 fully saturated rings. The second kappa shape index (κ2) is 5.92. The maximum atomic E-state index is 6.56. The average molecular weight is 317 g/mol. The molecule has 4 heteroatoms. The Morgan fingerprint density at radius 1 is 1.05 bits per heavy atom. The van der Waals surface area contributed by atoms with Crippen LogP contribution >= 0.6 is 23.2 Å². The number of hydrogen-bond acceptors (Lipinski definition) is 1. The fourth-order valence-electron chi connectivity index (χ4n) is 2.21. The van der Waals surface area contributed by atoms with Gasteiger partial charge in [-0.3, -0.25) is 0 Å². The highest BCUT2D eigenvalue weighted by molar-refractivity contribution is 6.31. The van der Waals surface area contributed by atoms with Crippen molar-refractivity contribution in [2.24, 2.45) is 0 Å². The first-order chi connectivity index (χ1) is 10.1. The molecule has 0 N–H and O–H groups in total. The Kier molecular flexibility index (Phi) is 4.00. The molecule has 0 aliphatic heterocycles. The Morgan fingerprint density at radius 2 is 1.81 bits per heavy atom. The van der Waals surface area contributed by atoms with Crippen LogP contribution in [0.25, 0.3) is 5.69 Å². The number of aryl methyl sites for hydroxylation is 1. The van der Waals surface area contributed by atoms with E-state index < -0.39 is 0 Å². The standard InChI is InChI=1S/C17H14Cl2N2/c1-12-9-13(7-8-16(12)18)17(19)14-10-20-21(11-14)15-5-3-2-4-6-15/h2-11,17H,1H3. The number of nitrogens with zero attached hydrogens (tertiary/aromatic N) is 2. The van der Waals surface area contributed by atoms with Gasteiger partial charge in [-0.2, -0.15) is 5.10 Å². The van der Waals surface area contributed by atoms with E-state index in [2.05, 4.69) is 5.10 Å². The van der Waals surface area contributed by atoms with Gasteiger partial charge in [0, 0.05) is 16.8 Å². The Hall–Kier alpha value is -1.77. The highest BCUT2D eigenvalue weighted by atomic mass is 35.5. The average Bonchev–Trinajstić information content (AvgIpc) is 3.00. The molecule has 0 aliphatic carbocycles. The maximum absolute atomic E-state index is 6.56. The minimum Gasteiger partial charge on any atom is -0.241 e. The number of halogens is 2. The second-order valence-electron chi connectivity index (χ2n) is 4.92. The molecule has 0 saturated carbocycles. The van der Waals surface area contributed by atoms with E-state index in [4.69, 9.17) is 23.2 Å². The topological polar surface area (TPSA) is 17.8 Å². The van der Waals surface area contributed by atoms with Gasteiger partial charge in [0.25, 0.3) is 0 Å². The summed E-state index contributed by atoms with van der Waals surface area (Å²) in [4.78, 5) is 0. The summed E-state index contributed by atoms with van der Waals surface area (Å²) in [5, 5.41) is 4.89. The van der Waals surface area contributed by atoms with Gasteiger partial charge in [0.15, 0.2) is 0 Å². The van der Waals surface area contributed by atoms with Crippen molar-refractivity contribution in [3.63, 3.8) is 0 Å². The van der Waals surface area contributed by atoms with Gasteiger partial charge in [-0.05, 0) is 36.2 Å². The number of alkyl halides is 1. The van der Waals surface area contributed by atoms with Gasteiger partial charge in [-0.15, -0.1) is 11.6 Å². The van der Waals surface area contributed by atoms with E-state index in [1.165, 1.54) is 0 Å². The Morgan fingerprint density at radius 3 is 2.52 bits per heavy atom. The molecular formula is C17H14Cl2N2. The van der Waals surface area contributed by atoms with Gasteiger partial charge in [0.2, 0.25) is 0 Å². The van der Waals surface area contributed by atoms with Crippen molar-refractivity contribution in [2.75, 3.05) is 0 Å². The summed E-state index contributed by atoms with van der Waals surface area (Å²) in [5.74, 6) is 0. The quantitative estimate of drug-likeness (QED) is 0.610. The largest absolute Gasteiger partial charge is 0.241 e. The van der Waals surface area contributed by atoms with E-state index in [1.54, 1.807) is 6.20 Å². The van der Waals surface area contributed by atoms with Crippen LogP contribution in [0.5, 0.6) is 0 Å². The fourth-order valence-corrected chi connectivity index (χ4v) is 2.57. The van der Waals surface area contributed by atoms with E-state index in [9.17, 15) is 0 Å². The van der Waals surface area contributed by atoms with Gasteiger partial charge < -0.3 is 0 Å². The van der Waals surface area contributed by atoms with Crippen LogP contribution in [0.2, 0.25) is 5.02 Å². The third-order valence-electron chi connectivity index (χ3n) is 3.39. The fraction of sp³-hybridized carbons (Fsp3) is 0.118. The van der Waals surface area contributed by atoms with Crippen molar-refractivity contribution in [3.8, 4) is 5.69 Å². The molecule has 1 heterocycles. The molecule has 0 aliphatic rings. The van der Waals surface area contributed by atoms with E-state index in [0.29, 0.717) is 0 Å². The highest BCUT2D eigenvalue weighted by Gasteiger charge is 2.14. The first-order valence-electron chi connectivity index (χ1n) is 6.65. The summed E-state index contributed by atoms with van der Waals surface area (Å²) < 4.78 is 1.83. The molecule has 0 saturated heterocycles. The van der Waals surface area contributed by atoms with Crippen molar-refractivity contribution < 1.29 is 0 Å².